The van der Waals surface area contributed by atoms with Crippen molar-refractivity contribution >= 4 is 34.9 Å². The quantitative estimate of drug-likeness (QED) is 0.359. The molecule has 3 rings (SSSR count). The number of nitrogens with one attached hydrogen (secondary N) is 1. The van der Waals surface area contributed by atoms with Crippen molar-refractivity contribution in [3.63, 3.8) is 0 Å². The van der Waals surface area contributed by atoms with Gasteiger partial charge in [0.15, 0.2) is 5.82 Å². The van der Waals surface area contributed by atoms with Gasteiger partial charge in [-0.1, -0.05) is 41.4 Å². The first-order valence-electron chi connectivity index (χ1n) is 9.36. The molecule has 1 heterocycles. The van der Waals surface area contributed by atoms with E-state index in [0.29, 0.717) is 5.56 Å². The molecule has 0 atom stereocenters. The molecular formula is C21H16Cl2F5N3O2. The van der Waals surface area contributed by atoms with E-state index in [9.17, 15) is 26.7 Å². The van der Waals surface area contributed by atoms with Gasteiger partial charge in [-0.3, -0.25) is 9.48 Å². The van der Waals surface area contributed by atoms with Gasteiger partial charge >= 0.3 is 12.3 Å². The second kappa shape index (κ2) is 10.5. The lowest BCUT2D eigenvalue weighted by Gasteiger charge is -2.15. The van der Waals surface area contributed by atoms with Crippen LogP contribution in [0.3, 0.4) is 0 Å². The maximum absolute atomic E-state index is 14.0. The number of hydrogen-bond donors (Lipinski definition) is 1. The number of benzene rings is 2. The highest BCUT2D eigenvalue weighted by molar-refractivity contribution is 6.33. The predicted octanol–water partition coefficient (Wildman–Crippen LogP) is 6.05. The monoisotopic (exact) mass is 507 g/mol. The molecule has 0 bridgehead atoms. The second-order valence-electron chi connectivity index (χ2n) is 6.93. The van der Waals surface area contributed by atoms with E-state index < -0.39 is 37.3 Å². The lowest BCUT2D eigenvalue weighted by Crippen LogP contribution is -2.32. The Morgan fingerprint density at radius 2 is 1.88 bits per heavy atom. The van der Waals surface area contributed by atoms with E-state index in [1.165, 1.54) is 53.3 Å². The lowest BCUT2D eigenvalue weighted by atomic mass is 10.1. The number of aromatic nitrogens is 2. The lowest BCUT2D eigenvalue weighted by molar-refractivity contribution is -0.168. The van der Waals surface area contributed by atoms with Crippen LogP contribution in [-0.2, 0) is 17.9 Å². The van der Waals surface area contributed by atoms with E-state index in [1.807, 2.05) is 0 Å². The molecule has 0 aliphatic rings. The second-order valence-corrected chi connectivity index (χ2v) is 7.75. The molecule has 0 aliphatic carbocycles. The molecule has 33 heavy (non-hydrogen) atoms. The van der Waals surface area contributed by atoms with Crippen molar-refractivity contribution in [2.45, 2.75) is 25.5 Å². The Morgan fingerprint density at radius 3 is 2.58 bits per heavy atom. The minimum atomic E-state index is -4.27. The van der Waals surface area contributed by atoms with Crippen molar-refractivity contribution in [1.82, 2.24) is 9.78 Å². The minimum Gasteiger partial charge on any atom is -0.370 e. The zero-order valence-electron chi connectivity index (χ0n) is 16.7. The largest absolute Gasteiger partial charge is 0.370 e. The summed E-state index contributed by atoms with van der Waals surface area (Å²) in [5.74, 6) is -5.40. The Balaban J connectivity index is 1.65. The summed E-state index contributed by atoms with van der Waals surface area (Å²) in [4.78, 5) is 12.6. The number of rotatable bonds is 9. The third-order valence-corrected chi connectivity index (χ3v) is 5.03. The van der Waals surface area contributed by atoms with Crippen LogP contribution in [0.5, 0.6) is 0 Å². The standard InChI is InChI=1S/C21H16Cl2F5N3O2/c22-15-5-2-6-17(24)14(15)8-31-9-16(23)18(30-31)29-19(32)13-4-1-3-12(7-13)10-33-11-21(27,28)20(25)26/h1-7,9,20H,8,10-11H2,(H,29,30,32). The molecule has 1 amide bonds. The van der Waals surface area contributed by atoms with Gasteiger partial charge in [0.1, 0.15) is 17.4 Å². The summed E-state index contributed by atoms with van der Waals surface area (Å²) in [5.41, 5.74) is 0.638. The number of carbonyl (C=O) groups excluding carboxylic acids is 1. The number of nitrogens with zero attached hydrogens (tertiary/aromatic N) is 2. The summed E-state index contributed by atoms with van der Waals surface area (Å²) in [6.45, 7) is -1.89. The van der Waals surface area contributed by atoms with Crippen molar-refractivity contribution in [3.8, 4) is 0 Å². The van der Waals surface area contributed by atoms with Crippen LogP contribution in [0, 0.1) is 5.82 Å². The van der Waals surface area contributed by atoms with Crippen molar-refractivity contribution < 1.29 is 31.5 Å². The third-order valence-electron chi connectivity index (χ3n) is 4.40. The summed E-state index contributed by atoms with van der Waals surface area (Å²) in [6.07, 6.45) is -2.46. The van der Waals surface area contributed by atoms with Crippen LogP contribution in [0.4, 0.5) is 27.8 Å². The molecule has 0 saturated carbocycles. The molecule has 1 aromatic heterocycles. The van der Waals surface area contributed by atoms with Gasteiger partial charge in [-0.05, 0) is 29.8 Å². The zero-order valence-corrected chi connectivity index (χ0v) is 18.2. The van der Waals surface area contributed by atoms with Gasteiger partial charge in [0, 0.05) is 22.3 Å². The molecule has 0 spiro atoms. The molecule has 0 radical (unpaired) electrons. The summed E-state index contributed by atoms with van der Waals surface area (Å²) >= 11 is 12.1. The van der Waals surface area contributed by atoms with E-state index in [2.05, 4.69) is 15.2 Å². The highest BCUT2D eigenvalue weighted by Crippen LogP contribution is 2.25. The molecule has 2 aromatic carbocycles. The third kappa shape index (κ3) is 6.43. The predicted molar refractivity (Wildman–Crippen MR) is 113 cm³/mol. The Labute approximate surface area is 195 Å². The molecule has 0 unspecified atom stereocenters. The number of hydrogen-bond acceptors (Lipinski definition) is 3. The molecule has 1 N–H and O–H groups in total. The molecule has 176 valence electrons. The maximum Gasteiger partial charge on any atom is 0.330 e. The number of halogens is 7. The van der Waals surface area contributed by atoms with Crippen LogP contribution in [0.25, 0.3) is 0 Å². The van der Waals surface area contributed by atoms with Gasteiger partial charge in [0.05, 0.1) is 13.2 Å². The van der Waals surface area contributed by atoms with Gasteiger partial charge in [-0.15, -0.1) is 0 Å². The van der Waals surface area contributed by atoms with Crippen LogP contribution in [0.15, 0.2) is 48.7 Å². The molecule has 3 aromatic rings. The van der Waals surface area contributed by atoms with Gasteiger partial charge in [0.2, 0.25) is 0 Å². The van der Waals surface area contributed by atoms with E-state index in [1.54, 1.807) is 0 Å². The van der Waals surface area contributed by atoms with E-state index in [0.717, 1.165) is 0 Å². The minimum absolute atomic E-state index is 0.00681. The molecule has 0 saturated heterocycles. The summed E-state index contributed by atoms with van der Waals surface area (Å²) in [5, 5.41) is 6.91. The summed E-state index contributed by atoms with van der Waals surface area (Å²) in [7, 11) is 0. The van der Waals surface area contributed by atoms with E-state index >= 15 is 0 Å². The number of alkyl halides is 4. The first kappa shape index (κ1) is 24.9. The van der Waals surface area contributed by atoms with Crippen LogP contribution < -0.4 is 5.32 Å². The van der Waals surface area contributed by atoms with Crippen LogP contribution in [0.2, 0.25) is 10.0 Å². The average Bonchev–Trinajstić information content (AvgIpc) is 3.09. The molecular weight excluding hydrogens is 492 g/mol. The van der Waals surface area contributed by atoms with Crippen molar-refractivity contribution in [2.75, 3.05) is 11.9 Å². The van der Waals surface area contributed by atoms with Gasteiger partial charge in [-0.25, -0.2) is 13.2 Å². The molecule has 5 nitrogen and oxygen atoms in total. The normalized spacial score (nSPS) is 11.8. The van der Waals surface area contributed by atoms with Crippen molar-refractivity contribution in [1.29, 1.82) is 0 Å². The topological polar surface area (TPSA) is 56.2 Å². The Bertz CT molecular complexity index is 1120. The first-order valence-corrected chi connectivity index (χ1v) is 10.1. The number of amides is 1. The van der Waals surface area contributed by atoms with Crippen LogP contribution in [0.1, 0.15) is 21.5 Å². The number of carbonyl (C=O) groups is 1. The average molecular weight is 508 g/mol. The molecule has 0 fully saturated rings. The summed E-state index contributed by atoms with van der Waals surface area (Å²) < 4.78 is 70.2. The zero-order chi connectivity index (χ0) is 24.2. The van der Waals surface area contributed by atoms with E-state index in [-0.39, 0.29) is 33.5 Å². The van der Waals surface area contributed by atoms with Gasteiger partial charge in [-0.2, -0.15) is 13.9 Å². The first-order chi connectivity index (χ1) is 15.6. The highest BCUT2D eigenvalue weighted by atomic mass is 35.5. The molecule has 0 aliphatic heterocycles. The SMILES string of the molecule is O=C(Nc1nn(Cc2c(F)cccc2Cl)cc1Cl)c1cccc(COCC(F)(F)C(F)F)c1. The fourth-order valence-electron chi connectivity index (χ4n) is 2.76. The van der Waals surface area contributed by atoms with Crippen molar-refractivity contribution in [2.24, 2.45) is 0 Å². The van der Waals surface area contributed by atoms with E-state index in [4.69, 9.17) is 23.2 Å². The fourth-order valence-corrected chi connectivity index (χ4v) is 3.18. The molecule has 12 heteroatoms. The van der Waals surface area contributed by atoms with Crippen LogP contribution in [-0.4, -0.2) is 34.6 Å². The van der Waals surface area contributed by atoms with Gasteiger partial charge in [0.25, 0.3) is 5.91 Å². The summed E-state index contributed by atoms with van der Waals surface area (Å²) in [6, 6.07) is 9.98. The smallest absolute Gasteiger partial charge is 0.330 e. The van der Waals surface area contributed by atoms with Crippen LogP contribution >= 0.6 is 23.2 Å². The maximum atomic E-state index is 14.0. The van der Waals surface area contributed by atoms with Gasteiger partial charge < -0.3 is 10.1 Å². The number of ether oxygens (including phenoxy) is 1. The highest BCUT2D eigenvalue weighted by Gasteiger charge is 2.40. The number of anilines is 1. The fraction of sp³-hybridized carbons (Fsp3) is 0.238. The Kier molecular flexibility index (Phi) is 7.93. The van der Waals surface area contributed by atoms with Crippen molar-refractivity contribution in [3.05, 3.63) is 81.2 Å². The Hall–Kier alpha value is -2.69. The Morgan fingerprint density at radius 1 is 1.15 bits per heavy atom.